The van der Waals surface area contributed by atoms with Gasteiger partial charge in [-0.1, -0.05) is 41.9 Å². The van der Waals surface area contributed by atoms with E-state index in [0.29, 0.717) is 23.6 Å². The molecule has 1 amide bonds. The number of carbonyl (C=O) groups is 1. The van der Waals surface area contributed by atoms with E-state index < -0.39 is 5.91 Å². The number of halogens is 1. The molecule has 0 fully saturated rings. The van der Waals surface area contributed by atoms with Crippen molar-refractivity contribution in [3.05, 3.63) is 105 Å². The Bertz CT molecular complexity index is 1320. The molecule has 4 aromatic rings. The van der Waals surface area contributed by atoms with E-state index in [2.05, 4.69) is 10.3 Å². The number of methoxy groups -OCH3 is 1. The fourth-order valence-electron chi connectivity index (χ4n) is 3.60. The lowest BCUT2D eigenvalue weighted by atomic mass is 10.1. The number of rotatable bonds is 7. The van der Waals surface area contributed by atoms with Gasteiger partial charge in [-0.25, -0.2) is 4.98 Å². The minimum atomic E-state index is -0.416. The molecule has 0 unspecified atom stereocenters. The molecule has 0 aliphatic heterocycles. The van der Waals surface area contributed by atoms with E-state index in [1.807, 2.05) is 42.5 Å². The molecule has 2 aromatic carbocycles. The maximum atomic E-state index is 13.2. The van der Waals surface area contributed by atoms with Crippen LogP contribution in [0.4, 0.5) is 0 Å². The number of aromatic nitrogens is 2. The summed E-state index contributed by atoms with van der Waals surface area (Å²) in [5.41, 5.74) is 2.09. The van der Waals surface area contributed by atoms with Crippen molar-refractivity contribution in [1.82, 2.24) is 14.9 Å². The Hall–Kier alpha value is -3.64. The van der Waals surface area contributed by atoms with Crippen molar-refractivity contribution < 1.29 is 9.53 Å². The molecule has 0 saturated heterocycles. The third kappa shape index (κ3) is 4.65. The van der Waals surface area contributed by atoms with Crippen molar-refractivity contribution in [2.75, 3.05) is 13.7 Å². The van der Waals surface area contributed by atoms with Crippen LogP contribution in [0.3, 0.4) is 0 Å². The molecule has 162 valence electrons. The first-order valence-electron chi connectivity index (χ1n) is 10.2. The number of fused-ring (bicyclic) bond motifs is 1. The van der Waals surface area contributed by atoms with E-state index >= 15 is 0 Å². The molecular formula is C25H22ClN3O3. The summed E-state index contributed by atoms with van der Waals surface area (Å²) in [5.74, 6) is 0.351. The SMILES string of the molecule is COc1ccccc1CCNC(=O)c1cc2cccnc2n(Cc2ccc(Cl)cc2)c1=O. The van der Waals surface area contributed by atoms with E-state index in [9.17, 15) is 9.59 Å². The molecule has 0 aliphatic carbocycles. The van der Waals surface area contributed by atoms with Crippen LogP contribution < -0.4 is 15.6 Å². The quantitative estimate of drug-likeness (QED) is 0.463. The number of benzene rings is 2. The highest BCUT2D eigenvalue weighted by atomic mass is 35.5. The summed E-state index contributed by atoms with van der Waals surface area (Å²) in [5, 5.41) is 4.19. The molecule has 0 aliphatic rings. The summed E-state index contributed by atoms with van der Waals surface area (Å²) in [6.07, 6.45) is 2.22. The second kappa shape index (κ2) is 9.66. The lowest BCUT2D eigenvalue weighted by Gasteiger charge is -2.13. The minimum Gasteiger partial charge on any atom is -0.496 e. The van der Waals surface area contributed by atoms with Gasteiger partial charge in [-0.3, -0.25) is 14.2 Å². The number of ether oxygens (including phenoxy) is 1. The third-order valence-corrected chi connectivity index (χ3v) is 5.47. The fourth-order valence-corrected chi connectivity index (χ4v) is 3.73. The lowest BCUT2D eigenvalue weighted by Crippen LogP contribution is -2.34. The fraction of sp³-hybridized carbons (Fsp3) is 0.160. The summed E-state index contributed by atoms with van der Waals surface area (Å²) >= 11 is 5.98. The molecule has 0 spiro atoms. The van der Waals surface area contributed by atoms with Crippen LogP contribution in [0.5, 0.6) is 5.75 Å². The number of hydrogen-bond acceptors (Lipinski definition) is 4. The highest BCUT2D eigenvalue weighted by molar-refractivity contribution is 6.30. The Labute approximate surface area is 190 Å². The molecule has 0 bridgehead atoms. The van der Waals surface area contributed by atoms with Crippen LogP contribution in [0.2, 0.25) is 5.02 Å². The van der Waals surface area contributed by atoms with Gasteiger partial charge in [-0.05, 0) is 53.9 Å². The van der Waals surface area contributed by atoms with E-state index in [4.69, 9.17) is 16.3 Å². The van der Waals surface area contributed by atoms with Gasteiger partial charge in [0.15, 0.2) is 0 Å². The molecule has 0 radical (unpaired) electrons. The molecule has 2 heterocycles. The van der Waals surface area contributed by atoms with Gasteiger partial charge in [0.1, 0.15) is 17.0 Å². The first kappa shape index (κ1) is 21.6. The van der Waals surface area contributed by atoms with Crippen molar-refractivity contribution >= 4 is 28.5 Å². The molecule has 4 rings (SSSR count). The van der Waals surface area contributed by atoms with Gasteiger partial charge in [0.25, 0.3) is 11.5 Å². The van der Waals surface area contributed by atoms with Gasteiger partial charge in [0.05, 0.1) is 13.7 Å². The average Bonchev–Trinajstić information content (AvgIpc) is 2.82. The first-order valence-corrected chi connectivity index (χ1v) is 10.6. The van der Waals surface area contributed by atoms with Crippen molar-refractivity contribution in [3.8, 4) is 5.75 Å². The Kier molecular flexibility index (Phi) is 6.52. The Morgan fingerprint density at radius 3 is 2.66 bits per heavy atom. The predicted molar refractivity (Wildman–Crippen MR) is 126 cm³/mol. The zero-order valence-electron chi connectivity index (χ0n) is 17.5. The van der Waals surface area contributed by atoms with Crippen LogP contribution in [0.1, 0.15) is 21.5 Å². The molecule has 0 saturated carbocycles. The molecule has 6 nitrogen and oxygen atoms in total. The number of carbonyl (C=O) groups excluding carboxylic acids is 1. The van der Waals surface area contributed by atoms with Crippen molar-refractivity contribution in [1.29, 1.82) is 0 Å². The van der Waals surface area contributed by atoms with Crippen molar-refractivity contribution in [2.24, 2.45) is 0 Å². The second-order valence-corrected chi connectivity index (χ2v) is 7.75. The maximum Gasteiger partial charge on any atom is 0.265 e. The number of nitrogens with one attached hydrogen (secondary N) is 1. The number of nitrogens with zero attached hydrogens (tertiary/aromatic N) is 2. The Morgan fingerprint density at radius 2 is 1.88 bits per heavy atom. The van der Waals surface area contributed by atoms with Crippen LogP contribution in [-0.4, -0.2) is 29.1 Å². The largest absolute Gasteiger partial charge is 0.496 e. The number of pyridine rings is 2. The average molecular weight is 448 g/mol. The number of hydrogen-bond donors (Lipinski definition) is 1. The maximum absolute atomic E-state index is 13.2. The highest BCUT2D eigenvalue weighted by Gasteiger charge is 2.16. The van der Waals surface area contributed by atoms with Gasteiger partial charge in [0.2, 0.25) is 0 Å². The topological polar surface area (TPSA) is 73.2 Å². The number of para-hydroxylation sites is 1. The zero-order valence-corrected chi connectivity index (χ0v) is 18.3. The monoisotopic (exact) mass is 447 g/mol. The van der Waals surface area contributed by atoms with Crippen LogP contribution in [-0.2, 0) is 13.0 Å². The molecule has 2 aromatic heterocycles. The van der Waals surface area contributed by atoms with E-state index in [-0.39, 0.29) is 17.7 Å². The van der Waals surface area contributed by atoms with Gasteiger partial charge in [-0.15, -0.1) is 0 Å². The van der Waals surface area contributed by atoms with Crippen LogP contribution >= 0.6 is 11.6 Å². The molecule has 32 heavy (non-hydrogen) atoms. The van der Waals surface area contributed by atoms with E-state index in [0.717, 1.165) is 22.3 Å². The zero-order chi connectivity index (χ0) is 22.5. The molecule has 0 atom stereocenters. The standard InChI is InChI=1S/C25H22ClN3O3/c1-32-22-7-3-2-5-18(22)12-14-28-24(30)21-15-19-6-4-13-27-23(19)29(25(21)31)16-17-8-10-20(26)11-9-17/h2-11,13,15H,12,14,16H2,1H3,(H,28,30). The van der Waals surface area contributed by atoms with Gasteiger partial charge in [0, 0.05) is 23.2 Å². The first-order chi connectivity index (χ1) is 15.6. The summed E-state index contributed by atoms with van der Waals surface area (Å²) in [6, 6.07) is 20.1. The normalized spacial score (nSPS) is 10.8. The molecule has 7 heteroatoms. The van der Waals surface area contributed by atoms with Crippen LogP contribution in [0, 0.1) is 0 Å². The number of amides is 1. The van der Waals surface area contributed by atoms with Crippen molar-refractivity contribution in [2.45, 2.75) is 13.0 Å². The minimum absolute atomic E-state index is 0.0829. The predicted octanol–water partition coefficient (Wildman–Crippen LogP) is 4.08. The molecular weight excluding hydrogens is 426 g/mol. The van der Waals surface area contributed by atoms with Gasteiger partial charge >= 0.3 is 0 Å². The van der Waals surface area contributed by atoms with E-state index in [1.165, 1.54) is 4.57 Å². The summed E-state index contributed by atoms with van der Waals surface area (Å²) < 4.78 is 6.87. The second-order valence-electron chi connectivity index (χ2n) is 7.31. The van der Waals surface area contributed by atoms with Crippen LogP contribution in [0.15, 0.2) is 77.7 Å². The summed E-state index contributed by atoms with van der Waals surface area (Å²) in [4.78, 5) is 30.5. The smallest absolute Gasteiger partial charge is 0.265 e. The Morgan fingerprint density at radius 1 is 1.09 bits per heavy atom. The summed E-state index contributed by atoms with van der Waals surface area (Å²) in [7, 11) is 1.61. The van der Waals surface area contributed by atoms with E-state index in [1.54, 1.807) is 37.6 Å². The van der Waals surface area contributed by atoms with Crippen LogP contribution in [0.25, 0.3) is 11.0 Å². The summed E-state index contributed by atoms with van der Waals surface area (Å²) in [6.45, 7) is 0.659. The Balaban J connectivity index is 1.60. The van der Waals surface area contributed by atoms with Gasteiger partial charge in [-0.2, -0.15) is 0 Å². The molecule has 1 N–H and O–H groups in total. The third-order valence-electron chi connectivity index (χ3n) is 5.22. The lowest BCUT2D eigenvalue weighted by molar-refractivity contribution is 0.0952. The highest BCUT2D eigenvalue weighted by Crippen LogP contribution is 2.18. The van der Waals surface area contributed by atoms with Crippen molar-refractivity contribution in [3.63, 3.8) is 0 Å². The van der Waals surface area contributed by atoms with Gasteiger partial charge < -0.3 is 10.1 Å².